The van der Waals surface area contributed by atoms with Crippen LogP contribution in [-0.4, -0.2) is 9.78 Å². The van der Waals surface area contributed by atoms with Gasteiger partial charge in [0, 0.05) is 0 Å². The molecule has 0 aliphatic heterocycles. The van der Waals surface area contributed by atoms with Crippen molar-refractivity contribution in [1.29, 1.82) is 5.26 Å². The first-order valence-corrected chi connectivity index (χ1v) is 7.63. The summed E-state index contributed by atoms with van der Waals surface area (Å²) < 4.78 is 1.82. The van der Waals surface area contributed by atoms with Crippen LogP contribution in [0.5, 0.6) is 0 Å². The van der Waals surface area contributed by atoms with Crippen LogP contribution in [0.4, 0.5) is 11.4 Å². The first-order chi connectivity index (χ1) is 11.6. The Morgan fingerprint density at radius 1 is 0.917 bits per heavy atom. The van der Waals surface area contributed by atoms with Crippen LogP contribution in [0.2, 0.25) is 0 Å². The number of hydrogen-bond acceptors (Lipinski definition) is 4. The molecule has 0 bridgehead atoms. The van der Waals surface area contributed by atoms with E-state index >= 15 is 0 Å². The topological polar surface area (TPSA) is 66.3 Å². The Morgan fingerprint density at radius 3 is 2.21 bits per heavy atom. The molecule has 0 fully saturated rings. The SMILES string of the molecule is Cc1ccc(N=Nc2c(C)nn(-c3ccc(C#N)cc3)c2C)cc1. The Balaban J connectivity index is 1.94. The number of benzene rings is 2. The molecule has 5 nitrogen and oxygen atoms in total. The molecule has 2 aromatic carbocycles. The highest BCUT2D eigenvalue weighted by atomic mass is 15.3. The summed E-state index contributed by atoms with van der Waals surface area (Å²) in [4.78, 5) is 0. The normalized spacial score (nSPS) is 10.9. The Labute approximate surface area is 140 Å². The lowest BCUT2D eigenvalue weighted by molar-refractivity contribution is 0.833. The second-order valence-corrected chi connectivity index (χ2v) is 5.63. The summed E-state index contributed by atoms with van der Waals surface area (Å²) in [5, 5.41) is 22.1. The summed E-state index contributed by atoms with van der Waals surface area (Å²) in [6.45, 7) is 5.91. The lowest BCUT2D eigenvalue weighted by Gasteiger charge is -2.03. The largest absolute Gasteiger partial charge is 0.236 e. The van der Waals surface area contributed by atoms with E-state index < -0.39 is 0 Å². The van der Waals surface area contributed by atoms with E-state index in [9.17, 15) is 0 Å². The van der Waals surface area contributed by atoms with Gasteiger partial charge in [0.05, 0.1) is 34.4 Å². The highest BCUT2D eigenvalue weighted by Crippen LogP contribution is 2.27. The molecule has 0 aliphatic rings. The molecule has 3 aromatic rings. The Bertz CT molecular complexity index is 926. The number of nitrogens with zero attached hydrogens (tertiary/aromatic N) is 5. The van der Waals surface area contributed by atoms with Crippen LogP contribution >= 0.6 is 0 Å². The minimum atomic E-state index is 0.625. The van der Waals surface area contributed by atoms with Crippen molar-refractivity contribution in [1.82, 2.24) is 9.78 Å². The van der Waals surface area contributed by atoms with Gasteiger partial charge in [-0.15, -0.1) is 5.11 Å². The minimum absolute atomic E-state index is 0.625. The molecule has 1 heterocycles. The zero-order valence-corrected chi connectivity index (χ0v) is 13.9. The van der Waals surface area contributed by atoms with Crippen molar-refractivity contribution in [3.8, 4) is 11.8 Å². The summed E-state index contributed by atoms with van der Waals surface area (Å²) in [6, 6.07) is 17.3. The fraction of sp³-hybridized carbons (Fsp3) is 0.158. The molecule has 0 atom stereocenters. The van der Waals surface area contributed by atoms with Crippen LogP contribution in [0.1, 0.15) is 22.5 Å². The molecule has 0 amide bonds. The average Bonchev–Trinajstić information content (AvgIpc) is 2.89. The lowest BCUT2D eigenvalue weighted by atomic mass is 10.2. The second-order valence-electron chi connectivity index (χ2n) is 5.63. The standard InChI is InChI=1S/C19H17N5/c1-13-4-8-17(9-5-13)21-22-19-14(2)23-24(15(19)3)18-10-6-16(12-20)7-11-18/h4-11H,1-3H3. The van der Waals surface area contributed by atoms with Crippen LogP contribution in [0, 0.1) is 32.1 Å². The van der Waals surface area contributed by atoms with Gasteiger partial charge in [0.15, 0.2) is 0 Å². The molecule has 0 radical (unpaired) electrons. The predicted molar refractivity (Wildman–Crippen MR) is 93.1 cm³/mol. The first-order valence-electron chi connectivity index (χ1n) is 7.63. The zero-order chi connectivity index (χ0) is 17.1. The Morgan fingerprint density at radius 2 is 1.58 bits per heavy atom. The van der Waals surface area contributed by atoms with Crippen LogP contribution in [0.15, 0.2) is 58.8 Å². The quantitative estimate of drug-likeness (QED) is 0.632. The maximum absolute atomic E-state index is 8.90. The molecule has 24 heavy (non-hydrogen) atoms. The van der Waals surface area contributed by atoms with E-state index in [4.69, 9.17) is 5.26 Å². The minimum Gasteiger partial charge on any atom is -0.236 e. The summed E-state index contributed by atoms with van der Waals surface area (Å²) in [6.07, 6.45) is 0. The predicted octanol–water partition coefficient (Wildman–Crippen LogP) is 5.08. The number of hydrogen-bond donors (Lipinski definition) is 0. The van der Waals surface area contributed by atoms with Crippen LogP contribution < -0.4 is 0 Å². The summed E-state index contributed by atoms with van der Waals surface area (Å²) in [7, 11) is 0. The summed E-state index contributed by atoms with van der Waals surface area (Å²) in [5.74, 6) is 0. The average molecular weight is 315 g/mol. The van der Waals surface area contributed by atoms with E-state index in [2.05, 4.69) is 21.4 Å². The smallest absolute Gasteiger partial charge is 0.130 e. The molecule has 0 saturated carbocycles. The van der Waals surface area contributed by atoms with Crippen molar-refractivity contribution in [2.45, 2.75) is 20.8 Å². The van der Waals surface area contributed by atoms with E-state index in [1.54, 1.807) is 12.1 Å². The molecule has 5 heteroatoms. The molecule has 0 N–H and O–H groups in total. The third-order valence-corrected chi connectivity index (χ3v) is 3.79. The highest BCUT2D eigenvalue weighted by Gasteiger charge is 2.12. The molecular formula is C19H17N5. The van der Waals surface area contributed by atoms with Crippen LogP contribution in [-0.2, 0) is 0 Å². The van der Waals surface area contributed by atoms with E-state index in [-0.39, 0.29) is 0 Å². The van der Waals surface area contributed by atoms with Gasteiger partial charge in [-0.25, -0.2) is 4.68 Å². The fourth-order valence-electron chi connectivity index (χ4n) is 2.43. The van der Waals surface area contributed by atoms with Gasteiger partial charge >= 0.3 is 0 Å². The van der Waals surface area contributed by atoms with Crippen LogP contribution in [0.3, 0.4) is 0 Å². The summed E-state index contributed by atoms with van der Waals surface area (Å²) in [5.41, 5.74) is 6.01. The van der Waals surface area contributed by atoms with Gasteiger partial charge in [-0.1, -0.05) is 17.7 Å². The van der Waals surface area contributed by atoms with Crippen molar-refractivity contribution in [3.63, 3.8) is 0 Å². The van der Waals surface area contributed by atoms with Gasteiger partial charge < -0.3 is 0 Å². The van der Waals surface area contributed by atoms with E-state index in [0.29, 0.717) is 5.56 Å². The van der Waals surface area contributed by atoms with Crippen LogP contribution in [0.25, 0.3) is 5.69 Å². The van der Waals surface area contributed by atoms with Gasteiger partial charge in [-0.3, -0.25) is 0 Å². The maximum atomic E-state index is 8.90. The summed E-state index contributed by atoms with van der Waals surface area (Å²) >= 11 is 0. The van der Waals surface area contributed by atoms with Gasteiger partial charge in [0.25, 0.3) is 0 Å². The van der Waals surface area contributed by atoms with Gasteiger partial charge in [-0.05, 0) is 57.2 Å². The number of aryl methyl sites for hydroxylation is 2. The lowest BCUT2D eigenvalue weighted by Crippen LogP contribution is -1.98. The number of rotatable bonds is 3. The maximum Gasteiger partial charge on any atom is 0.130 e. The zero-order valence-electron chi connectivity index (χ0n) is 13.9. The molecule has 0 aliphatic carbocycles. The van der Waals surface area contributed by atoms with Crippen molar-refractivity contribution in [2.24, 2.45) is 10.2 Å². The van der Waals surface area contributed by atoms with Crippen molar-refractivity contribution >= 4 is 11.4 Å². The molecule has 0 saturated heterocycles. The fourth-order valence-corrected chi connectivity index (χ4v) is 2.43. The monoisotopic (exact) mass is 315 g/mol. The second kappa shape index (κ2) is 6.47. The van der Waals surface area contributed by atoms with Crippen molar-refractivity contribution in [2.75, 3.05) is 0 Å². The Kier molecular flexibility index (Phi) is 4.21. The van der Waals surface area contributed by atoms with E-state index in [1.807, 2.05) is 61.9 Å². The third-order valence-electron chi connectivity index (χ3n) is 3.79. The molecule has 3 rings (SSSR count). The highest BCUT2D eigenvalue weighted by molar-refractivity contribution is 5.51. The van der Waals surface area contributed by atoms with Gasteiger partial charge in [0.2, 0.25) is 0 Å². The molecule has 0 unspecified atom stereocenters. The van der Waals surface area contributed by atoms with E-state index in [0.717, 1.165) is 28.5 Å². The van der Waals surface area contributed by atoms with E-state index in [1.165, 1.54) is 5.56 Å². The van der Waals surface area contributed by atoms with Gasteiger partial charge in [0.1, 0.15) is 5.69 Å². The Hall–Kier alpha value is -3.26. The molecule has 1 aromatic heterocycles. The number of azo groups is 1. The first kappa shape index (κ1) is 15.6. The molecule has 0 spiro atoms. The number of aromatic nitrogens is 2. The molecular weight excluding hydrogens is 298 g/mol. The van der Waals surface area contributed by atoms with Crippen molar-refractivity contribution < 1.29 is 0 Å². The third kappa shape index (κ3) is 3.08. The van der Waals surface area contributed by atoms with Crippen molar-refractivity contribution in [3.05, 3.63) is 71.0 Å². The van der Waals surface area contributed by atoms with Gasteiger partial charge in [-0.2, -0.15) is 15.5 Å². The molecule has 118 valence electrons. The number of nitriles is 1.